The molecule has 0 fully saturated rings. The predicted molar refractivity (Wildman–Crippen MR) is 211 cm³/mol. The van der Waals surface area contributed by atoms with Crippen molar-refractivity contribution in [1.82, 2.24) is 19.1 Å². The van der Waals surface area contributed by atoms with Crippen LogP contribution in [0.1, 0.15) is 25.0 Å². The van der Waals surface area contributed by atoms with Crippen LogP contribution in [0.25, 0.3) is 88.3 Å². The first-order valence-electron chi connectivity index (χ1n) is 17.6. The van der Waals surface area contributed by atoms with Gasteiger partial charge in [0.1, 0.15) is 0 Å². The highest BCUT2D eigenvalue weighted by Gasteiger charge is 2.39. The molecular weight excluding hydrogens is 621 g/mol. The van der Waals surface area contributed by atoms with Gasteiger partial charge in [-0.1, -0.05) is 111 Å². The summed E-state index contributed by atoms with van der Waals surface area (Å²) in [4.78, 5) is 9.20. The third kappa shape index (κ3) is 3.85. The smallest absolute Gasteiger partial charge is 0.234 e. The van der Waals surface area contributed by atoms with Gasteiger partial charge in [0.15, 0.2) is 0 Å². The zero-order chi connectivity index (χ0) is 33.8. The Morgan fingerprint density at radius 1 is 0.471 bits per heavy atom. The predicted octanol–water partition coefficient (Wildman–Crippen LogP) is 11.8. The molecule has 4 heteroatoms. The minimum absolute atomic E-state index is 0.164. The third-order valence-corrected chi connectivity index (χ3v) is 11.2. The van der Waals surface area contributed by atoms with E-state index in [4.69, 9.17) is 0 Å². The number of aromatic nitrogens is 4. The zero-order valence-electron chi connectivity index (χ0n) is 28.3. The molecule has 0 saturated heterocycles. The molecular formula is C47H32N4. The highest BCUT2D eigenvalue weighted by Crippen LogP contribution is 2.54. The minimum atomic E-state index is -0.164. The van der Waals surface area contributed by atoms with E-state index in [9.17, 15) is 0 Å². The number of hydrogen-bond donors (Lipinski definition) is 0. The van der Waals surface area contributed by atoms with Crippen molar-refractivity contribution in [2.45, 2.75) is 19.3 Å². The highest BCUT2D eigenvalue weighted by atomic mass is 15.1. The lowest BCUT2D eigenvalue weighted by Gasteiger charge is -2.25. The van der Waals surface area contributed by atoms with Crippen molar-refractivity contribution in [2.24, 2.45) is 0 Å². The Balaban J connectivity index is 1.13. The van der Waals surface area contributed by atoms with Gasteiger partial charge in [0.25, 0.3) is 0 Å². The van der Waals surface area contributed by atoms with Crippen molar-refractivity contribution in [3.05, 3.63) is 169 Å². The summed E-state index contributed by atoms with van der Waals surface area (Å²) in [5.41, 5.74) is 13.6. The monoisotopic (exact) mass is 652 g/mol. The van der Waals surface area contributed by atoms with Gasteiger partial charge in [0.2, 0.25) is 5.95 Å². The second-order valence-corrected chi connectivity index (χ2v) is 14.3. The fourth-order valence-corrected chi connectivity index (χ4v) is 9.00. The zero-order valence-corrected chi connectivity index (χ0v) is 28.3. The fourth-order valence-electron chi connectivity index (χ4n) is 9.00. The average Bonchev–Trinajstić information content (AvgIpc) is 3.78. The van der Waals surface area contributed by atoms with Crippen LogP contribution >= 0.6 is 0 Å². The van der Waals surface area contributed by atoms with Crippen molar-refractivity contribution >= 4 is 54.4 Å². The van der Waals surface area contributed by atoms with Gasteiger partial charge in [0, 0.05) is 39.4 Å². The quantitative estimate of drug-likeness (QED) is 0.190. The third-order valence-electron chi connectivity index (χ3n) is 11.2. The summed E-state index contributed by atoms with van der Waals surface area (Å²) in [5, 5.41) is 7.48. The second kappa shape index (κ2) is 10.3. The van der Waals surface area contributed by atoms with Crippen LogP contribution in [0.3, 0.4) is 0 Å². The van der Waals surface area contributed by atoms with Gasteiger partial charge in [-0.3, -0.25) is 4.57 Å². The largest absolute Gasteiger partial charge is 0.309 e. The Labute approximate surface area is 294 Å². The van der Waals surface area contributed by atoms with Crippen LogP contribution < -0.4 is 0 Å². The van der Waals surface area contributed by atoms with E-state index < -0.39 is 0 Å². The molecule has 51 heavy (non-hydrogen) atoms. The summed E-state index contributed by atoms with van der Waals surface area (Å²) in [6.07, 6.45) is 3.60. The molecule has 1 aliphatic rings. The first-order valence-corrected chi connectivity index (χ1v) is 17.6. The highest BCUT2D eigenvalue weighted by molar-refractivity contribution is 6.13. The molecule has 0 N–H and O–H groups in total. The molecule has 0 amide bonds. The van der Waals surface area contributed by atoms with Gasteiger partial charge >= 0.3 is 0 Å². The number of benzene rings is 7. The number of rotatable bonds is 3. The van der Waals surface area contributed by atoms with Crippen molar-refractivity contribution < 1.29 is 0 Å². The standard InChI is InChI=1S/C47H32N4/c1-47(2)38-22-19-29-11-3-4-12-32(29)44(38)35-15-9-18-43(45(35)47)50-39-16-7-5-13-33(39)36-27-30(20-23-41(36)50)31-21-24-42-37(28-31)34-14-6-8-17-40(34)51(42)46-48-25-10-26-49-46/h3-28H,1-2H3. The molecule has 11 rings (SSSR count). The lowest BCUT2D eigenvalue weighted by Crippen LogP contribution is -2.18. The summed E-state index contributed by atoms with van der Waals surface area (Å²) in [6, 6.07) is 53.3. The molecule has 0 aliphatic heterocycles. The Kier molecular flexibility index (Phi) is 5.70. The molecule has 1 aliphatic carbocycles. The molecule has 240 valence electrons. The lowest BCUT2D eigenvalue weighted by molar-refractivity contribution is 0.657. The molecule has 3 aromatic heterocycles. The second-order valence-electron chi connectivity index (χ2n) is 14.3. The van der Waals surface area contributed by atoms with Crippen LogP contribution in [0, 0.1) is 0 Å². The summed E-state index contributed by atoms with van der Waals surface area (Å²) < 4.78 is 4.66. The van der Waals surface area contributed by atoms with Gasteiger partial charge in [-0.2, -0.15) is 0 Å². The van der Waals surface area contributed by atoms with Crippen molar-refractivity contribution in [3.8, 4) is 33.9 Å². The molecule has 0 bridgehead atoms. The molecule has 0 unspecified atom stereocenters. The first-order chi connectivity index (χ1) is 25.1. The van der Waals surface area contributed by atoms with Crippen molar-refractivity contribution in [1.29, 1.82) is 0 Å². The summed E-state index contributed by atoms with van der Waals surface area (Å²) in [5.74, 6) is 0.678. The van der Waals surface area contributed by atoms with Gasteiger partial charge < -0.3 is 4.57 Å². The topological polar surface area (TPSA) is 35.6 Å². The van der Waals surface area contributed by atoms with Crippen LogP contribution in [0.2, 0.25) is 0 Å². The molecule has 0 spiro atoms. The van der Waals surface area contributed by atoms with Gasteiger partial charge in [0.05, 0.1) is 27.8 Å². The van der Waals surface area contributed by atoms with E-state index in [1.165, 1.54) is 82.4 Å². The number of fused-ring (bicyclic) bond motifs is 11. The SMILES string of the molecule is CC1(C)c2ccc3ccccc3c2-c2cccc(-n3c4ccccc4c4cc(-c5ccc6c(c5)c5ccccc5n6-c5ncccn5)ccc43)c21. The maximum Gasteiger partial charge on any atom is 0.234 e. The minimum Gasteiger partial charge on any atom is -0.309 e. The van der Waals surface area contributed by atoms with E-state index in [0.717, 1.165) is 11.0 Å². The summed E-state index contributed by atoms with van der Waals surface area (Å²) in [6.45, 7) is 4.78. The number of para-hydroxylation sites is 2. The van der Waals surface area contributed by atoms with Crippen LogP contribution in [0.4, 0.5) is 0 Å². The van der Waals surface area contributed by atoms with Crippen LogP contribution in [-0.4, -0.2) is 19.1 Å². The van der Waals surface area contributed by atoms with E-state index in [1.54, 1.807) is 12.4 Å². The lowest BCUT2D eigenvalue weighted by atomic mass is 9.81. The molecule has 0 saturated carbocycles. The maximum atomic E-state index is 4.60. The summed E-state index contributed by atoms with van der Waals surface area (Å²) >= 11 is 0. The first kappa shape index (κ1) is 28.3. The maximum absolute atomic E-state index is 4.60. The van der Waals surface area contributed by atoms with E-state index in [-0.39, 0.29) is 5.41 Å². The fraction of sp³-hybridized carbons (Fsp3) is 0.0638. The van der Waals surface area contributed by atoms with Crippen LogP contribution in [0.15, 0.2) is 158 Å². The Morgan fingerprint density at radius 2 is 1.06 bits per heavy atom. The van der Waals surface area contributed by atoms with E-state index >= 15 is 0 Å². The Morgan fingerprint density at radius 3 is 1.76 bits per heavy atom. The average molecular weight is 653 g/mol. The van der Waals surface area contributed by atoms with Gasteiger partial charge in [-0.15, -0.1) is 0 Å². The summed E-state index contributed by atoms with van der Waals surface area (Å²) in [7, 11) is 0. The molecule has 10 aromatic rings. The van der Waals surface area contributed by atoms with Crippen LogP contribution in [-0.2, 0) is 5.41 Å². The number of nitrogens with zero attached hydrogens (tertiary/aromatic N) is 4. The molecule has 4 nitrogen and oxygen atoms in total. The molecule has 3 heterocycles. The van der Waals surface area contributed by atoms with Gasteiger partial charge in [-0.05, 0) is 92.7 Å². The van der Waals surface area contributed by atoms with Gasteiger partial charge in [-0.25, -0.2) is 9.97 Å². The van der Waals surface area contributed by atoms with Crippen molar-refractivity contribution in [2.75, 3.05) is 0 Å². The Bertz CT molecular complexity index is 3050. The normalized spacial score (nSPS) is 13.5. The van der Waals surface area contributed by atoms with Crippen LogP contribution in [0.5, 0.6) is 0 Å². The molecule has 0 radical (unpaired) electrons. The van der Waals surface area contributed by atoms with E-state index in [2.05, 4.69) is 172 Å². The Hall–Kier alpha value is -6.52. The van der Waals surface area contributed by atoms with E-state index in [1.807, 2.05) is 6.07 Å². The molecule has 7 aromatic carbocycles. The van der Waals surface area contributed by atoms with E-state index in [0.29, 0.717) is 5.95 Å². The number of hydrogen-bond acceptors (Lipinski definition) is 2. The van der Waals surface area contributed by atoms with Crippen molar-refractivity contribution in [3.63, 3.8) is 0 Å². The molecule has 0 atom stereocenters.